The zero-order valence-corrected chi connectivity index (χ0v) is 18.6. The van der Waals surface area contributed by atoms with Crippen LogP contribution in [-0.2, 0) is 21.6 Å². The number of rotatable bonds is 5. The van der Waals surface area contributed by atoms with E-state index in [4.69, 9.17) is 9.47 Å². The maximum Gasteiger partial charge on any atom is 0.314 e. The lowest BCUT2D eigenvalue weighted by atomic mass is 9.74. The van der Waals surface area contributed by atoms with E-state index in [-0.39, 0.29) is 6.61 Å². The largest absolute Gasteiger partial charge is 0.489 e. The van der Waals surface area contributed by atoms with Crippen LogP contribution in [0.4, 0.5) is 4.39 Å². The Bertz CT molecular complexity index is 1330. The van der Waals surface area contributed by atoms with Gasteiger partial charge in [-0.05, 0) is 64.2 Å². The number of carbonyl (C=O) groups is 1. The Labute approximate surface area is 191 Å². The lowest BCUT2D eigenvalue weighted by Gasteiger charge is -2.33. The molecule has 8 heteroatoms. The van der Waals surface area contributed by atoms with E-state index in [2.05, 4.69) is 20.9 Å². The Morgan fingerprint density at radius 2 is 2.03 bits per heavy atom. The predicted octanol–water partition coefficient (Wildman–Crippen LogP) is 5.10. The highest BCUT2D eigenvalue weighted by Gasteiger charge is 2.42. The summed E-state index contributed by atoms with van der Waals surface area (Å²) in [5, 5.41) is 10.9. The van der Waals surface area contributed by atoms with Crippen molar-refractivity contribution >= 4 is 38.4 Å². The molecular weight excluding hydrogens is 479 g/mol. The third-order valence-electron chi connectivity index (χ3n) is 6.09. The number of hydrogen-bond acceptors (Lipinski definition) is 4. The van der Waals surface area contributed by atoms with Crippen LogP contribution in [0.1, 0.15) is 24.0 Å². The van der Waals surface area contributed by atoms with Crippen LogP contribution in [0.2, 0.25) is 0 Å². The topological polar surface area (TPSA) is 73.1 Å². The van der Waals surface area contributed by atoms with Crippen molar-refractivity contribution in [2.45, 2.75) is 24.9 Å². The molecule has 0 spiro atoms. The first-order chi connectivity index (χ1) is 15.5. The molecule has 0 aliphatic carbocycles. The molecule has 1 saturated heterocycles. The number of aliphatic carboxylic acids is 1. The van der Waals surface area contributed by atoms with Gasteiger partial charge < -0.3 is 14.6 Å². The lowest BCUT2D eigenvalue weighted by molar-refractivity contribution is -0.147. The molecule has 1 N–H and O–H groups in total. The lowest BCUT2D eigenvalue weighted by Crippen LogP contribution is -2.41. The maximum absolute atomic E-state index is 14.4. The summed E-state index contributed by atoms with van der Waals surface area (Å²) in [4.78, 5) is 16.4. The van der Waals surface area contributed by atoms with E-state index in [1.54, 1.807) is 12.3 Å². The molecule has 32 heavy (non-hydrogen) atoms. The Morgan fingerprint density at radius 3 is 2.81 bits per heavy atom. The number of hydrogen-bond donors (Lipinski definition) is 1. The van der Waals surface area contributed by atoms with Crippen LogP contribution in [0.5, 0.6) is 5.75 Å². The molecule has 1 fully saturated rings. The van der Waals surface area contributed by atoms with E-state index in [0.717, 1.165) is 26.6 Å². The first-order valence-corrected chi connectivity index (χ1v) is 11.0. The van der Waals surface area contributed by atoms with Crippen LogP contribution >= 0.6 is 15.9 Å². The van der Waals surface area contributed by atoms with Crippen molar-refractivity contribution < 1.29 is 23.8 Å². The van der Waals surface area contributed by atoms with Gasteiger partial charge in [0.05, 0.1) is 10.9 Å². The van der Waals surface area contributed by atoms with Crippen molar-refractivity contribution in [2.75, 3.05) is 13.2 Å². The number of nitrogens with zero attached hydrogens (tertiary/aromatic N) is 2. The summed E-state index contributed by atoms with van der Waals surface area (Å²) >= 11 is 3.59. The molecule has 1 aliphatic heterocycles. The van der Waals surface area contributed by atoms with Crippen LogP contribution in [0.3, 0.4) is 0 Å². The molecule has 4 aromatic rings. The third kappa shape index (κ3) is 3.63. The van der Waals surface area contributed by atoms with Gasteiger partial charge in [-0.2, -0.15) is 0 Å². The Balaban J connectivity index is 1.45. The van der Waals surface area contributed by atoms with Crippen molar-refractivity contribution in [1.82, 2.24) is 9.38 Å². The van der Waals surface area contributed by atoms with E-state index in [1.165, 1.54) is 12.1 Å². The number of halogens is 2. The molecule has 5 rings (SSSR count). The number of pyridine rings is 1. The summed E-state index contributed by atoms with van der Waals surface area (Å²) in [5.74, 6) is -1.19. The number of benzene rings is 2. The second kappa shape index (κ2) is 8.18. The van der Waals surface area contributed by atoms with Crippen LogP contribution in [0.15, 0.2) is 59.3 Å². The quantitative estimate of drug-likeness (QED) is 0.414. The molecule has 6 nitrogen and oxygen atoms in total. The number of aromatic nitrogens is 2. The average molecular weight is 499 g/mol. The molecule has 0 unspecified atom stereocenters. The van der Waals surface area contributed by atoms with Crippen molar-refractivity contribution in [1.29, 1.82) is 0 Å². The highest BCUT2D eigenvalue weighted by atomic mass is 79.9. The summed E-state index contributed by atoms with van der Waals surface area (Å²) < 4.78 is 28.6. The summed E-state index contributed by atoms with van der Waals surface area (Å²) in [5.41, 5.74) is 1.94. The minimum absolute atomic E-state index is 0.213. The van der Waals surface area contributed by atoms with Gasteiger partial charge in [0.15, 0.2) is 0 Å². The van der Waals surface area contributed by atoms with Gasteiger partial charge in [0.1, 0.15) is 23.8 Å². The van der Waals surface area contributed by atoms with Crippen molar-refractivity contribution in [3.8, 4) is 5.75 Å². The van der Waals surface area contributed by atoms with Crippen LogP contribution < -0.4 is 4.74 Å². The van der Waals surface area contributed by atoms with Gasteiger partial charge in [-0.25, -0.2) is 9.37 Å². The molecule has 0 atom stereocenters. The van der Waals surface area contributed by atoms with Gasteiger partial charge >= 0.3 is 5.97 Å². The second-order valence-corrected chi connectivity index (χ2v) is 8.82. The monoisotopic (exact) mass is 498 g/mol. The minimum atomic E-state index is -1.17. The molecular formula is C24H20BrFN2O4. The zero-order valence-electron chi connectivity index (χ0n) is 17.1. The van der Waals surface area contributed by atoms with Gasteiger partial charge in [0.2, 0.25) is 0 Å². The molecule has 2 aromatic carbocycles. The van der Waals surface area contributed by atoms with Crippen LogP contribution in [-0.4, -0.2) is 33.7 Å². The number of imidazole rings is 1. The van der Waals surface area contributed by atoms with E-state index >= 15 is 0 Å². The van der Waals surface area contributed by atoms with Crippen LogP contribution in [0, 0.1) is 5.82 Å². The first kappa shape index (κ1) is 20.9. The minimum Gasteiger partial charge on any atom is -0.489 e. The molecule has 2 aromatic heterocycles. The van der Waals surface area contributed by atoms with E-state index in [1.807, 2.05) is 34.9 Å². The van der Waals surface area contributed by atoms with Crippen molar-refractivity contribution in [3.63, 3.8) is 0 Å². The Morgan fingerprint density at radius 1 is 1.22 bits per heavy atom. The highest BCUT2D eigenvalue weighted by Crippen LogP contribution is 2.37. The van der Waals surface area contributed by atoms with Crippen molar-refractivity contribution in [3.05, 3.63) is 76.3 Å². The SMILES string of the molecule is O=C(O)C1(c2cc(F)cc(OCc3ccc4c(Br)cc5nccn5c4c3)c2)CCOCC1. The molecule has 3 heterocycles. The summed E-state index contributed by atoms with van der Waals surface area (Å²) in [6.07, 6.45) is 4.23. The number of ether oxygens (including phenoxy) is 2. The summed E-state index contributed by atoms with van der Waals surface area (Å²) in [7, 11) is 0. The normalized spacial score (nSPS) is 15.8. The van der Waals surface area contributed by atoms with E-state index < -0.39 is 17.2 Å². The Hall–Kier alpha value is -2.97. The van der Waals surface area contributed by atoms with Gasteiger partial charge in [-0.1, -0.05) is 12.1 Å². The van der Waals surface area contributed by atoms with Gasteiger partial charge in [0.25, 0.3) is 0 Å². The van der Waals surface area contributed by atoms with Gasteiger partial charge in [0, 0.05) is 41.5 Å². The smallest absolute Gasteiger partial charge is 0.314 e. The number of carboxylic acids is 1. The molecule has 0 amide bonds. The zero-order chi connectivity index (χ0) is 22.3. The molecule has 0 bridgehead atoms. The third-order valence-corrected chi connectivity index (χ3v) is 6.75. The van der Waals surface area contributed by atoms with E-state index in [0.29, 0.717) is 37.4 Å². The molecule has 164 valence electrons. The maximum atomic E-state index is 14.4. The summed E-state index contributed by atoms with van der Waals surface area (Å²) in [6.45, 7) is 0.869. The molecule has 1 aliphatic rings. The second-order valence-electron chi connectivity index (χ2n) is 7.96. The van der Waals surface area contributed by atoms with Crippen LogP contribution in [0.25, 0.3) is 16.6 Å². The van der Waals surface area contributed by atoms with Gasteiger partial charge in [-0.15, -0.1) is 0 Å². The van der Waals surface area contributed by atoms with Crippen molar-refractivity contribution in [2.24, 2.45) is 0 Å². The fraction of sp³-hybridized carbons (Fsp3) is 0.250. The van der Waals surface area contributed by atoms with E-state index in [9.17, 15) is 14.3 Å². The standard InChI is InChI=1S/C24H20BrFN2O4/c25-20-13-22-27-5-6-28(22)21-9-15(1-2-19(20)21)14-32-18-11-16(10-17(26)12-18)24(23(29)30)3-7-31-8-4-24/h1-2,5-6,9-13H,3-4,7-8,14H2,(H,29,30). The Kier molecular flexibility index (Phi) is 5.35. The number of fused-ring (bicyclic) bond motifs is 3. The highest BCUT2D eigenvalue weighted by molar-refractivity contribution is 9.10. The predicted molar refractivity (Wildman–Crippen MR) is 120 cm³/mol. The van der Waals surface area contributed by atoms with Gasteiger partial charge in [-0.3, -0.25) is 9.20 Å². The number of carboxylic acid groups (broad SMARTS) is 1. The fourth-order valence-corrected chi connectivity index (χ4v) is 4.86. The molecule has 0 saturated carbocycles. The first-order valence-electron chi connectivity index (χ1n) is 10.3. The fourth-order valence-electron chi connectivity index (χ4n) is 4.32. The molecule has 0 radical (unpaired) electrons. The average Bonchev–Trinajstić information content (AvgIpc) is 3.26. The summed E-state index contributed by atoms with van der Waals surface area (Å²) in [6, 6.07) is 12.1.